The van der Waals surface area contributed by atoms with Crippen LogP contribution in [0.5, 0.6) is 5.75 Å². The third-order valence-electron chi connectivity index (χ3n) is 15.7. The summed E-state index contributed by atoms with van der Waals surface area (Å²) in [7, 11) is 1.74. The number of aliphatic carboxylic acids is 1. The quantitative estimate of drug-likeness (QED) is 0.255. The highest BCUT2D eigenvalue weighted by atomic mass is 16.5. The van der Waals surface area contributed by atoms with Gasteiger partial charge in [0.05, 0.1) is 24.5 Å². The van der Waals surface area contributed by atoms with E-state index in [-0.39, 0.29) is 45.6 Å². The maximum atomic E-state index is 13.0. The summed E-state index contributed by atoms with van der Waals surface area (Å²) in [5.41, 5.74) is 0.536. The first kappa shape index (κ1) is 34.4. The summed E-state index contributed by atoms with van der Waals surface area (Å²) in [6.45, 7) is 18.3. The molecule has 5 aliphatic rings. The Morgan fingerprint density at radius 2 is 1.62 bits per heavy atom. The molecule has 0 saturated heterocycles. The van der Waals surface area contributed by atoms with E-state index in [0.717, 1.165) is 30.6 Å². The minimum absolute atomic E-state index is 0.0911. The Morgan fingerprint density at radius 3 is 2.32 bits per heavy atom. The van der Waals surface area contributed by atoms with Crippen LogP contribution < -0.4 is 4.74 Å². The predicted octanol–water partition coefficient (Wildman–Crippen LogP) is 9.56. The highest BCUT2D eigenvalue weighted by molar-refractivity contribution is 5.81. The van der Waals surface area contributed by atoms with Gasteiger partial charge in [-0.1, -0.05) is 65.5 Å². The molecule has 5 saturated carbocycles. The Morgan fingerprint density at radius 1 is 0.894 bits per heavy atom. The molecule has 5 nitrogen and oxygen atoms in total. The molecule has 5 fully saturated rings. The largest absolute Gasteiger partial charge is 0.495 e. The second-order valence-electron chi connectivity index (χ2n) is 18.5. The molecule has 0 amide bonds. The van der Waals surface area contributed by atoms with E-state index < -0.39 is 11.4 Å². The number of carbonyl (C=O) groups excluding carboxylic acids is 1. The topological polar surface area (TPSA) is 72.8 Å². The van der Waals surface area contributed by atoms with Crippen molar-refractivity contribution < 1.29 is 24.2 Å². The van der Waals surface area contributed by atoms with Crippen molar-refractivity contribution in [1.82, 2.24) is 0 Å². The average Bonchev–Trinajstić information content (AvgIpc) is 3.34. The second-order valence-corrected chi connectivity index (χ2v) is 18.5. The van der Waals surface area contributed by atoms with E-state index >= 15 is 0 Å². The molecule has 0 aromatic heterocycles. The molecule has 5 heteroatoms. The van der Waals surface area contributed by atoms with Crippen LogP contribution in [0.1, 0.15) is 132 Å². The van der Waals surface area contributed by atoms with Gasteiger partial charge in [-0.3, -0.25) is 9.59 Å². The molecular weight excluding hydrogens is 584 g/mol. The minimum Gasteiger partial charge on any atom is -0.495 e. The Balaban J connectivity index is 1.26. The summed E-state index contributed by atoms with van der Waals surface area (Å²) in [5.74, 6) is 10.2. The molecular formula is C42H60O5. The van der Waals surface area contributed by atoms with Crippen molar-refractivity contribution in [2.45, 2.75) is 132 Å². The third-order valence-corrected chi connectivity index (χ3v) is 15.7. The molecule has 6 rings (SSSR count). The van der Waals surface area contributed by atoms with Crippen LogP contribution in [0.25, 0.3) is 0 Å². The molecule has 10 atom stereocenters. The lowest BCUT2D eigenvalue weighted by Crippen LogP contribution is -2.66. The first-order valence-corrected chi connectivity index (χ1v) is 18.5. The first-order valence-electron chi connectivity index (χ1n) is 18.5. The van der Waals surface area contributed by atoms with Crippen molar-refractivity contribution in [2.75, 3.05) is 7.11 Å². The molecule has 258 valence electrons. The van der Waals surface area contributed by atoms with Crippen LogP contribution in [0.4, 0.5) is 0 Å². The molecule has 1 aromatic rings. The van der Waals surface area contributed by atoms with Gasteiger partial charge < -0.3 is 14.6 Å². The fourth-order valence-corrected chi connectivity index (χ4v) is 12.9. The van der Waals surface area contributed by atoms with Crippen LogP contribution >= 0.6 is 0 Å². The van der Waals surface area contributed by atoms with Crippen LogP contribution in [-0.2, 0) is 14.3 Å². The van der Waals surface area contributed by atoms with Gasteiger partial charge in [0.1, 0.15) is 11.9 Å². The van der Waals surface area contributed by atoms with E-state index in [1.165, 1.54) is 44.9 Å². The fourth-order valence-electron chi connectivity index (χ4n) is 12.9. The molecule has 1 aromatic carbocycles. The van der Waals surface area contributed by atoms with Crippen molar-refractivity contribution in [3.63, 3.8) is 0 Å². The van der Waals surface area contributed by atoms with Crippen LogP contribution in [-0.4, -0.2) is 30.3 Å². The van der Waals surface area contributed by atoms with Gasteiger partial charge >= 0.3 is 11.9 Å². The van der Waals surface area contributed by atoms with Crippen LogP contribution in [0.2, 0.25) is 0 Å². The number of methoxy groups -OCH3 is 1. The zero-order chi connectivity index (χ0) is 34.2. The van der Waals surface area contributed by atoms with Crippen LogP contribution in [0.15, 0.2) is 24.3 Å². The third kappa shape index (κ3) is 5.17. The summed E-state index contributed by atoms with van der Waals surface area (Å²) >= 11 is 0. The van der Waals surface area contributed by atoms with Crippen molar-refractivity contribution >= 4 is 11.9 Å². The number of carboxylic acid groups (broad SMARTS) is 1. The van der Waals surface area contributed by atoms with Crippen LogP contribution in [0.3, 0.4) is 0 Å². The number of carboxylic acids is 1. The average molecular weight is 645 g/mol. The summed E-state index contributed by atoms with van der Waals surface area (Å²) in [6, 6.07) is 8.20. The molecule has 1 N–H and O–H groups in total. The smallest absolute Gasteiger partial charge is 0.309 e. The van der Waals surface area contributed by atoms with Gasteiger partial charge in [-0.15, -0.1) is 0 Å². The highest BCUT2D eigenvalue weighted by Crippen LogP contribution is 2.77. The lowest BCUT2D eigenvalue weighted by Gasteiger charge is -2.72. The van der Waals surface area contributed by atoms with Crippen molar-refractivity contribution in [3.05, 3.63) is 29.8 Å². The summed E-state index contributed by atoms with van der Waals surface area (Å²) in [6.07, 6.45) is 11.5. The number of fused-ring (bicyclic) bond motifs is 7. The number of para-hydroxylation sites is 1. The maximum Gasteiger partial charge on any atom is 0.309 e. The van der Waals surface area contributed by atoms with E-state index in [2.05, 4.69) is 65.5 Å². The Bertz CT molecular complexity index is 1460. The number of carbonyl (C=O) groups is 2. The predicted molar refractivity (Wildman–Crippen MR) is 186 cm³/mol. The van der Waals surface area contributed by atoms with Crippen molar-refractivity contribution in [1.29, 1.82) is 0 Å². The molecule has 5 aliphatic carbocycles. The zero-order valence-electron chi connectivity index (χ0n) is 30.6. The molecule has 0 heterocycles. The summed E-state index contributed by atoms with van der Waals surface area (Å²) in [5, 5.41) is 9.58. The van der Waals surface area contributed by atoms with E-state index in [0.29, 0.717) is 29.6 Å². The van der Waals surface area contributed by atoms with E-state index in [4.69, 9.17) is 9.47 Å². The molecule has 47 heavy (non-hydrogen) atoms. The Hall–Kier alpha value is -2.48. The standard InChI is InChI=1S/C42H60O5/c1-27-16-22-42(23-17-28-12-10-11-13-30(28)46-9)25-24-40(7)29(35(27)42)14-15-32-39(6)20-19-33(47-34(43)26-37(2,3)36(44)45)38(4,5)31(39)18-21-41(32,40)8/h10-13,27,29,31-33,35H,14-16,18-22,24-26H2,1-9H3,(H,44,45)/t27-,29?,31?,32?,33+,35?,39+,40-,41-,42?/m1/s1. The zero-order valence-corrected chi connectivity index (χ0v) is 30.6. The van der Waals surface area contributed by atoms with E-state index in [9.17, 15) is 14.7 Å². The van der Waals surface area contributed by atoms with Crippen LogP contribution in [0, 0.1) is 73.9 Å². The van der Waals surface area contributed by atoms with Gasteiger partial charge in [0.15, 0.2) is 0 Å². The van der Waals surface area contributed by atoms with E-state index in [1.807, 2.05) is 12.1 Å². The maximum absolute atomic E-state index is 13.0. The number of ether oxygens (including phenoxy) is 2. The normalized spacial score (nSPS) is 42.0. The number of hydrogen-bond acceptors (Lipinski definition) is 4. The molecule has 5 unspecified atom stereocenters. The first-order chi connectivity index (χ1) is 21.9. The summed E-state index contributed by atoms with van der Waals surface area (Å²) in [4.78, 5) is 24.7. The van der Waals surface area contributed by atoms with Crippen molar-refractivity contribution in [2.24, 2.45) is 62.1 Å². The number of hydrogen-bond donors (Lipinski definition) is 1. The van der Waals surface area contributed by atoms with Crippen molar-refractivity contribution in [3.8, 4) is 17.6 Å². The minimum atomic E-state index is -1.13. The van der Waals surface area contributed by atoms with Gasteiger partial charge in [0.2, 0.25) is 0 Å². The van der Waals surface area contributed by atoms with Gasteiger partial charge in [0, 0.05) is 10.8 Å². The molecule has 0 spiro atoms. The monoisotopic (exact) mass is 644 g/mol. The lowest BCUT2D eigenvalue weighted by molar-refractivity contribution is -0.247. The molecule has 0 bridgehead atoms. The van der Waals surface area contributed by atoms with Gasteiger partial charge in [-0.25, -0.2) is 0 Å². The highest BCUT2D eigenvalue weighted by Gasteiger charge is 2.70. The van der Waals surface area contributed by atoms with E-state index in [1.54, 1.807) is 21.0 Å². The van der Waals surface area contributed by atoms with Gasteiger partial charge in [0.25, 0.3) is 0 Å². The number of rotatable bonds is 5. The van der Waals surface area contributed by atoms with Gasteiger partial charge in [-0.2, -0.15) is 0 Å². The Kier molecular flexibility index (Phi) is 8.45. The number of esters is 1. The SMILES string of the molecule is COc1ccccc1C#CC12CC[C@@H](C)C1C1CCC3[C@@]4(C)CC[C@H](OC(=O)CC(C)(C)C(=O)O)C(C)(C)C4CC[C@@]3(C)[C@]1(C)CC2. The second kappa shape index (κ2) is 11.6. The van der Waals surface area contributed by atoms with Gasteiger partial charge in [-0.05, 0) is 136 Å². The number of benzene rings is 1. The molecule has 0 aliphatic heterocycles. The fraction of sp³-hybridized carbons (Fsp3) is 0.762. The lowest BCUT2D eigenvalue weighted by atomic mass is 9.32. The Labute approximate surface area is 284 Å². The molecule has 0 radical (unpaired) electrons. The summed E-state index contributed by atoms with van der Waals surface area (Å²) < 4.78 is 11.8.